The lowest BCUT2D eigenvalue weighted by Gasteiger charge is -2.34. The molecule has 0 aromatic heterocycles. The molecule has 2 aliphatic rings. The first-order valence-corrected chi connectivity index (χ1v) is 5.29. The molecule has 13 heavy (non-hydrogen) atoms. The third kappa shape index (κ3) is 2.66. The van der Waals surface area contributed by atoms with Crippen molar-refractivity contribution in [1.29, 1.82) is 0 Å². The van der Waals surface area contributed by atoms with E-state index in [4.69, 9.17) is 15.2 Å². The van der Waals surface area contributed by atoms with Gasteiger partial charge >= 0.3 is 0 Å². The molecule has 76 valence electrons. The van der Waals surface area contributed by atoms with Gasteiger partial charge in [0.2, 0.25) is 0 Å². The van der Waals surface area contributed by atoms with Gasteiger partial charge in [-0.2, -0.15) is 0 Å². The Hall–Kier alpha value is -0.120. The lowest BCUT2D eigenvalue weighted by molar-refractivity contribution is -0.0455. The van der Waals surface area contributed by atoms with Crippen LogP contribution in [0.2, 0.25) is 0 Å². The minimum atomic E-state index is 0.402. The molecule has 0 amide bonds. The predicted molar refractivity (Wildman–Crippen MR) is 50.5 cm³/mol. The van der Waals surface area contributed by atoms with Crippen LogP contribution < -0.4 is 5.73 Å². The standard InChI is InChI=1S/C10H19NO2/c11-9-5-10(6-9)13-7-8-1-3-12-4-2-8/h8-10H,1-7,11H2. The van der Waals surface area contributed by atoms with Gasteiger partial charge in [0.25, 0.3) is 0 Å². The Morgan fingerprint density at radius 2 is 1.92 bits per heavy atom. The summed E-state index contributed by atoms with van der Waals surface area (Å²) in [7, 11) is 0. The predicted octanol–water partition coefficient (Wildman–Crippen LogP) is 0.919. The van der Waals surface area contributed by atoms with E-state index < -0.39 is 0 Å². The van der Waals surface area contributed by atoms with Crippen molar-refractivity contribution in [2.24, 2.45) is 11.7 Å². The zero-order valence-electron chi connectivity index (χ0n) is 8.08. The monoisotopic (exact) mass is 185 g/mol. The van der Waals surface area contributed by atoms with E-state index in [1.807, 2.05) is 0 Å². The van der Waals surface area contributed by atoms with E-state index in [9.17, 15) is 0 Å². The summed E-state index contributed by atoms with van der Waals surface area (Å²) in [4.78, 5) is 0. The van der Waals surface area contributed by atoms with Crippen LogP contribution in [0.5, 0.6) is 0 Å². The minimum absolute atomic E-state index is 0.402. The molecule has 1 heterocycles. The molecular weight excluding hydrogens is 166 g/mol. The van der Waals surface area contributed by atoms with Gasteiger partial charge in [0, 0.05) is 25.9 Å². The molecule has 0 unspecified atom stereocenters. The molecule has 3 nitrogen and oxygen atoms in total. The first-order valence-electron chi connectivity index (χ1n) is 5.29. The molecule has 1 aliphatic heterocycles. The zero-order chi connectivity index (χ0) is 9.10. The highest BCUT2D eigenvalue weighted by Gasteiger charge is 2.27. The maximum atomic E-state index is 5.75. The van der Waals surface area contributed by atoms with Gasteiger partial charge in [0.15, 0.2) is 0 Å². The van der Waals surface area contributed by atoms with Crippen molar-refractivity contribution in [3.63, 3.8) is 0 Å². The van der Waals surface area contributed by atoms with Crippen LogP contribution in [0.3, 0.4) is 0 Å². The quantitative estimate of drug-likeness (QED) is 0.711. The Kier molecular flexibility index (Phi) is 3.19. The summed E-state index contributed by atoms with van der Waals surface area (Å²) in [6.07, 6.45) is 4.90. The second kappa shape index (κ2) is 4.40. The molecular formula is C10H19NO2. The summed E-state index contributed by atoms with van der Waals surface area (Å²) in [6.45, 7) is 2.75. The number of rotatable bonds is 3. The highest BCUT2D eigenvalue weighted by molar-refractivity contribution is 4.83. The molecule has 0 aromatic carbocycles. The molecule has 2 rings (SSSR count). The summed E-state index contributed by atoms with van der Waals surface area (Å²) in [5.74, 6) is 0.727. The highest BCUT2D eigenvalue weighted by Crippen LogP contribution is 2.23. The van der Waals surface area contributed by atoms with E-state index >= 15 is 0 Å². The Balaban J connectivity index is 1.56. The summed E-state index contributed by atoms with van der Waals surface area (Å²) < 4.78 is 11.0. The first kappa shape index (κ1) is 9.44. The van der Waals surface area contributed by atoms with Gasteiger partial charge in [-0.25, -0.2) is 0 Å². The van der Waals surface area contributed by atoms with Crippen LogP contribution in [0, 0.1) is 5.92 Å². The second-order valence-corrected chi connectivity index (χ2v) is 4.24. The Labute approximate surface area is 79.6 Å². The summed E-state index contributed by atoms with van der Waals surface area (Å²) in [6, 6.07) is 0.402. The topological polar surface area (TPSA) is 44.5 Å². The first-order chi connectivity index (χ1) is 6.34. The third-order valence-corrected chi connectivity index (χ3v) is 3.04. The fourth-order valence-electron chi connectivity index (χ4n) is 1.93. The molecule has 0 bridgehead atoms. The molecule has 0 radical (unpaired) electrons. The largest absolute Gasteiger partial charge is 0.381 e. The molecule has 2 N–H and O–H groups in total. The number of ether oxygens (including phenoxy) is 2. The van der Waals surface area contributed by atoms with Gasteiger partial charge < -0.3 is 15.2 Å². The van der Waals surface area contributed by atoms with E-state index in [-0.39, 0.29) is 0 Å². The molecule has 1 aliphatic carbocycles. The fraction of sp³-hybridized carbons (Fsp3) is 1.00. The van der Waals surface area contributed by atoms with Gasteiger partial charge in [-0.05, 0) is 31.6 Å². The van der Waals surface area contributed by atoms with E-state index in [0.717, 1.165) is 38.6 Å². The van der Waals surface area contributed by atoms with E-state index in [1.54, 1.807) is 0 Å². The lowest BCUT2D eigenvalue weighted by atomic mass is 9.90. The van der Waals surface area contributed by atoms with Crippen molar-refractivity contribution in [2.75, 3.05) is 19.8 Å². The average Bonchev–Trinajstić information content (AvgIpc) is 2.12. The Morgan fingerprint density at radius 3 is 2.54 bits per heavy atom. The van der Waals surface area contributed by atoms with Crippen LogP contribution in [0.25, 0.3) is 0 Å². The van der Waals surface area contributed by atoms with Gasteiger partial charge in [-0.1, -0.05) is 0 Å². The molecule has 0 spiro atoms. The summed E-state index contributed by atoms with van der Waals surface area (Å²) in [5.41, 5.74) is 5.68. The molecule has 1 saturated carbocycles. The van der Waals surface area contributed by atoms with Crippen LogP contribution >= 0.6 is 0 Å². The average molecular weight is 185 g/mol. The van der Waals surface area contributed by atoms with Crippen LogP contribution in [0.4, 0.5) is 0 Å². The molecule has 2 fully saturated rings. The maximum Gasteiger partial charge on any atom is 0.0604 e. The van der Waals surface area contributed by atoms with Gasteiger partial charge in [0.1, 0.15) is 0 Å². The molecule has 0 atom stereocenters. The smallest absolute Gasteiger partial charge is 0.0604 e. The summed E-state index contributed by atoms with van der Waals surface area (Å²) in [5, 5.41) is 0. The van der Waals surface area contributed by atoms with Crippen LogP contribution in [0.1, 0.15) is 25.7 Å². The normalized spacial score (nSPS) is 35.8. The van der Waals surface area contributed by atoms with Gasteiger partial charge in [0.05, 0.1) is 6.10 Å². The van der Waals surface area contributed by atoms with Crippen LogP contribution in [-0.4, -0.2) is 32.0 Å². The van der Waals surface area contributed by atoms with Crippen molar-refractivity contribution in [1.82, 2.24) is 0 Å². The number of hydrogen-bond acceptors (Lipinski definition) is 3. The third-order valence-electron chi connectivity index (χ3n) is 3.04. The maximum absolute atomic E-state index is 5.75. The highest BCUT2D eigenvalue weighted by atomic mass is 16.5. The SMILES string of the molecule is NC1CC(OCC2CCOCC2)C1. The molecule has 0 aromatic rings. The van der Waals surface area contributed by atoms with Crippen LogP contribution in [-0.2, 0) is 9.47 Å². The zero-order valence-corrected chi connectivity index (χ0v) is 8.08. The van der Waals surface area contributed by atoms with E-state index in [1.165, 1.54) is 12.8 Å². The fourth-order valence-corrected chi connectivity index (χ4v) is 1.93. The Bertz CT molecular complexity index is 151. The van der Waals surface area contributed by atoms with E-state index in [0.29, 0.717) is 12.1 Å². The van der Waals surface area contributed by atoms with Crippen molar-refractivity contribution in [3.8, 4) is 0 Å². The van der Waals surface area contributed by atoms with E-state index in [2.05, 4.69) is 0 Å². The van der Waals surface area contributed by atoms with Crippen molar-refractivity contribution < 1.29 is 9.47 Å². The number of hydrogen-bond donors (Lipinski definition) is 1. The van der Waals surface area contributed by atoms with Crippen molar-refractivity contribution in [2.45, 2.75) is 37.8 Å². The van der Waals surface area contributed by atoms with Crippen LogP contribution in [0.15, 0.2) is 0 Å². The number of nitrogens with two attached hydrogens (primary N) is 1. The minimum Gasteiger partial charge on any atom is -0.381 e. The lowest BCUT2D eigenvalue weighted by Crippen LogP contribution is -2.42. The van der Waals surface area contributed by atoms with Gasteiger partial charge in [-0.15, -0.1) is 0 Å². The van der Waals surface area contributed by atoms with Crippen molar-refractivity contribution >= 4 is 0 Å². The Morgan fingerprint density at radius 1 is 1.23 bits per heavy atom. The second-order valence-electron chi connectivity index (χ2n) is 4.24. The molecule has 3 heteroatoms. The van der Waals surface area contributed by atoms with Gasteiger partial charge in [-0.3, -0.25) is 0 Å². The molecule has 1 saturated heterocycles. The summed E-state index contributed by atoms with van der Waals surface area (Å²) >= 11 is 0. The van der Waals surface area contributed by atoms with Crippen molar-refractivity contribution in [3.05, 3.63) is 0 Å².